The van der Waals surface area contributed by atoms with Crippen LogP contribution in [0.1, 0.15) is 10.4 Å². The zero-order chi connectivity index (χ0) is 16.2. The maximum atomic E-state index is 11.0. The number of benzene rings is 2. The monoisotopic (exact) mass is 310 g/mol. The molecule has 0 aliphatic rings. The minimum absolute atomic E-state index is 0.130. The van der Waals surface area contributed by atoms with E-state index in [1.54, 1.807) is 30.3 Å². The summed E-state index contributed by atoms with van der Waals surface area (Å²) in [5, 5.41) is 0.871. The van der Waals surface area contributed by atoms with Gasteiger partial charge in [0.1, 0.15) is 23.4 Å². The molecule has 0 fully saturated rings. The van der Waals surface area contributed by atoms with E-state index in [0.717, 1.165) is 22.8 Å². The second-order valence-electron chi connectivity index (χ2n) is 4.91. The molecule has 1 heterocycles. The number of carbonyl (C=O) groups excluding carboxylic acids is 2. The first-order chi connectivity index (χ1) is 11.2. The van der Waals surface area contributed by atoms with Crippen molar-refractivity contribution in [3.05, 3.63) is 54.1 Å². The second-order valence-corrected chi connectivity index (χ2v) is 4.91. The average Bonchev–Trinajstić information content (AvgIpc) is 3.03. The number of furan rings is 1. The van der Waals surface area contributed by atoms with Gasteiger partial charge in [-0.2, -0.15) is 0 Å². The van der Waals surface area contributed by atoms with Gasteiger partial charge in [0.15, 0.2) is 6.61 Å². The van der Waals surface area contributed by atoms with Gasteiger partial charge in [-0.3, -0.25) is 4.79 Å². The number of rotatable bonds is 5. The molecule has 3 rings (SSSR count). The predicted octanol–water partition coefficient (Wildman–Crippen LogP) is 3.46. The number of hydrogen-bond donors (Lipinski definition) is 0. The molecule has 23 heavy (non-hydrogen) atoms. The summed E-state index contributed by atoms with van der Waals surface area (Å²) >= 11 is 0. The van der Waals surface area contributed by atoms with Crippen LogP contribution in [0.4, 0.5) is 0 Å². The van der Waals surface area contributed by atoms with Gasteiger partial charge in [0, 0.05) is 16.5 Å². The van der Waals surface area contributed by atoms with Gasteiger partial charge in [-0.1, -0.05) is 0 Å². The highest BCUT2D eigenvalue weighted by atomic mass is 16.6. The highest BCUT2D eigenvalue weighted by molar-refractivity contribution is 5.88. The molecule has 5 nitrogen and oxygen atoms in total. The molecule has 0 bridgehead atoms. The molecule has 0 unspecified atom stereocenters. The van der Waals surface area contributed by atoms with Gasteiger partial charge in [0.05, 0.1) is 7.11 Å². The summed E-state index contributed by atoms with van der Waals surface area (Å²) in [6.07, 6.45) is 0.805. The normalized spacial score (nSPS) is 10.5. The smallest absolute Gasteiger partial charge is 0.343 e. The lowest BCUT2D eigenvalue weighted by atomic mass is 10.1. The van der Waals surface area contributed by atoms with Crippen LogP contribution in [0.2, 0.25) is 0 Å². The fourth-order valence-corrected chi connectivity index (χ4v) is 2.19. The maximum Gasteiger partial charge on any atom is 0.343 e. The molecule has 0 aliphatic carbocycles. The van der Waals surface area contributed by atoms with Crippen molar-refractivity contribution in [3.63, 3.8) is 0 Å². The molecule has 0 aliphatic heterocycles. The zero-order valence-electron chi connectivity index (χ0n) is 12.4. The SMILES string of the molecule is COC(=O)COc1ccc(-c2cc3cc(C=O)ccc3o2)cc1. The van der Waals surface area contributed by atoms with Gasteiger partial charge in [-0.25, -0.2) is 4.79 Å². The van der Waals surface area contributed by atoms with Crippen LogP contribution in [0.15, 0.2) is 52.9 Å². The van der Waals surface area contributed by atoms with Crippen molar-refractivity contribution in [2.24, 2.45) is 0 Å². The largest absolute Gasteiger partial charge is 0.482 e. The number of hydrogen-bond acceptors (Lipinski definition) is 5. The van der Waals surface area contributed by atoms with Crippen molar-refractivity contribution in [1.82, 2.24) is 0 Å². The Morgan fingerprint density at radius 1 is 1.13 bits per heavy atom. The molecule has 0 radical (unpaired) electrons. The molecular formula is C18H14O5. The molecular weight excluding hydrogens is 296 g/mol. The fourth-order valence-electron chi connectivity index (χ4n) is 2.19. The Labute approximate surface area is 132 Å². The van der Waals surface area contributed by atoms with Crippen molar-refractivity contribution < 1.29 is 23.5 Å². The van der Waals surface area contributed by atoms with Crippen molar-refractivity contribution >= 4 is 23.2 Å². The van der Waals surface area contributed by atoms with Crippen LogP contribution in [-0.2, 0) is 9.53 Å². The first-order valence-corrected chi connectivity index (χ1v) is 6.98. The summed E-state index contributed by atoms with van der Waals surface area (Å²) in [7, 11) is 1.31. The van der Waals surface area contributed by atoms with E-state index in [1.807, 2.05) is 18.2 Å². The van der Waals surface area contributed by atoms with Gasteiger partial charge < -0.3 is 13.9 Å². The molecule has 0 saturated carbocycles. The van der Waals surface area contributed by atoms with Crippen molar-refractivity contribution in [2.45, 2.75) is 0 Å². The van der Waals surface area contributed by atoms with E-state index in [1.165, 1.54) is 7.11 Å². The summed E-state index contributed by atoms with van der Waals surface area (Å²) in [5.74, 6) is 0.832. The van der Waals surface area contributed by atoms with Crippen LogP contribution in [-0.4, -0.2) is 26.0 Å². The number of esters is 1. The minimum Gasteiger partial charge on any atom is -0.482 e. The topological polar surface area (TPSA) is 65.7 Å². The molecule has 0 N–H and O–H groups in total. The average molecular weight is 310 g/mol. The van der Waals surface area contributed by atoms with Crippen LogP contribution < -0.4 is 4.74 Å². The number of ether oxygens (including phenoxy) is 2. The lowest BCUT2D eigenvalue weighted by Gasteiger charge is -2.05. The first-order valence-electron chi connectivity index (χ1n) is 6.98. The van der Waals surface area contributed by atoms with Gasteiger partial charge >= 0.3 is 5.97 Å². The van der Waals surface area contributed by atoms with Gasteiger partial charge in [-0.15, -0.1) is 0 Å². The standard InChI is InChI=1S/C18H14O5/c1-21-18(20)11-22-15-5-3-13(4-6-15)17-9-14-8-12(10-19)2-7-16(14)23-17/h2-10H,11H2,1H3. The molecule has 0 atom stereocenters. The zero-order valence-corrected chi connectivity index (χ0v) is 12.4. The number of fused-ring (bicyclic) bond motifs is 1. The summed E-state index contributed by atoms with van der Waals surface area (Å²) in [5.41, 5.74) is 2.20. The molecule has 0 spiro atoms. The third-order valence-electron chi connectivity index (χ3n) is 3.40. The third-order valence-corrected chi connectivity index (χ3v) is 3.40. The third kappa shape index (κ3) is 3.23. The lowest BCUT2D eigenvalue weighted by Crippen LogP contribution is -2.12. The molecule has 116 valence electrons. The Kier molecular flexibility index (Phi) is 4.10. The lowest BCUT2D eigenvalue weighted by molar-refractivity contribution is -0.142. The fraction of sp³-hybridized carbons (Fsp3) is 0.111. The van der Waals surface area contributed by atoms with E-state index >= 15 is 0 Å². The highest BCUT2D eigenvalue weighted by Gasteiger charge is 2.08. The number of methoxy groups -OCH3 is 1. The van der Waals surface area contributed by atoms with Gasteiger partial charge in [0.2, 0.25) is 0 Å². The van der Waals surface area contributed by atoms with E-state index in [2.05, 4.69) is 4.74 Å². The Balaban J connectivity index is 1.81. The van der Waals surface area contributed by atoms with Crippen molar-refractivity contribution in [3.8, 4) is 17.1 Å². The summed E-state index contributed by atoms with van der Waals surface area (Å²) in [6, 6.07) is 14.3. The minimum atomic E-state index is -0.433. The Hall–Kier alpha value is -3.08. The van der Waals surface area contributed by atoms with E-state index < -0.39 is 5.97 Å². The number of aldehydes is 1. The van der Waals surface area contributed by atoms with E-state index in [0.29, 0.717) is 17.1 Å². The summed E-state index contributed by atoms with van der Waals surface area (Å²) in [6.45, 7) is -0.130. The van der Waals surface area contributed by atoms with Crippen LogP contribution in [0.5, 0.6) is 5.75 Å². The summed E-state index contributed by atoms with van der Waals surface area (Å²) in [4.78, 5) is 21.9. The molecule has 0 saturated heterocycles. The Bertz CT molecular complexity index is 845. The van der Waals surface area contributed by atoms with Gasteiger partial charge in [-0.05, 0) is 48.5 Å². The van der Waals surface area contributed by atoms with Crippen LogP contribution >= 0.6 is 0 Å². The second kappa shape index (κ2) is 6.36. The van der Waals surface area contributed by atoms with Crippen LogP contribution in [0.25, 0.3) is 22.3 Å². The van der Waals surface area contributed by atoms with Crippen LogP contribution in [0, 0.1) is 0 Å². The Morgan fingerprint density at radius 3 is 2.61 bits per heavy atom. The van der Waals surface area contributed by atoms with Crippen molar-refractivity contribution in [1.29, 1.82) is 0 Å². The van der Waals surface area contributed by atoms with Gasteiger partial charge in [0.25, 0.3) is 0 Å². The highest BCUT2D eigenvalue weighted by Crippen LogP contribution is 2.29. The molecule has 5 heteroatoms. The number of carbonyl (C=O) groups is 2. The van der Waals surface area contributed by atoms with E-state index in [9.17, 15) is 9.59 Å². The first kappa shape index (κ1) is 14.8. The summed E-state index contributed by atoms with van der Waals surface area (Å²) < 4.78 is 15.6. The predicted molar refractivity (Wildman–Crippen MR) is 84.5 cm³/mol. The molecule has 3 aromatic rings. The molecule has 2 aromatic carbocycles. The van der Waals surface area contributed by atoms with Crippen molar-refractivity contribution in [2.75, 3.05) is 13.7 Å². The molecule has 0 amide bonds. The Morgan fingerprint density at radius 2 is 1.91 bits per heavy atom. The van der Waals surface area contributed by atoms with Crippen LogP contribution in [0.3, 0.4) is 0 Å². The van der Waals surface area contributed by atoms with E-state index in [-0.39, 0.29) is 6.61 Å². The quantitative estimate of drug-likeness (QED) is 0.533. The maximum absolute atomic E-state index is 11.0. The molecule has 1 aromatic heterocycles. The van der Waals surface area contributed by atoms with E-state index in [4.69, 9.17) is 9.15 Å².